The maximum atomic E-state index is 11.3. The molecule has 2 atom stereocenters. The first-order chi connectivity index (χ1) is 7.24. The number of aliphatic hydroxyl groups is 2. The number of hydrogen-bond acceptors (Lipinski definition) is 5. The molecule has 0 saturated heterocycles. The molecule has 5 heteroatoms. The molecule has 0 aliphatic heterocycles. The first-order valence-electron chi connectivity index (χ1n) is 5.52. The number of nitrogens with two attached hydrogens (primary N) is 1. The minimum absolute atomic E-state index is 0.0983. The van der Waals surface area contributed by atoms with Gasteiger partial charge >= 0.3 is 5.97 Å². The Kier molecular flexibility index (Phi) is 6.55. The Morgan fingerprint density at radius 2 is 1.88 bits per heavy atom. The van der Waals surface area contributed by atoms with Crippen molar-refractivity contribution in [2.45, 2.75) is 57.8 Å². The van der Waals surface area contributed by atoms with E-state index in [-0.39, 0.29) is 12.8 Å². The SMILES string of the molecule is CC(C)(C)OC(=O)CC(O)CC(O)CCN. The number of ether oxygens (including phenoxy) is 1. The lowest BCUT2D eigenvalue weighted by Crippen LogP contribution is -2.28. The van der Waals surface area contributed by atoms with Crippen molar-refractivity contribution in [2.24, 2.45) is 5.73 Å². The fraction of sp³-hybridized carbons (Fsp3) is 0.909. The second kappa shape index (κ2) is 6.83. The van der Waals surface area contributed by atoms with Crippen LogP contribution in [0.2, 0.25) is 0 Å². The maximum absolute atomic E-state index is 11.3. The van der Waals surface area contributed by atoms with E-state index in [2.05, 4.69) is 0 Å². The van der Waals surface area contributed by atoms with Crippen LogP contribution in [0.25, 0.3) is 0 Å². The van der Waals surface area contributed by atoms with Crippen LogP contribution >= 0.6 is 0 Å². The molecule has 0 heterocycles. The number of hydrogen-bond donors (Lipinski definition) is 3. The number of carbonyl (C=O) groups is 1. The first kappa shape index (κ1) is 15.3. The highest BCUT2D eigenvalue weighted by Gasteiger charge is 2.20. The molecule has 0 bridgehead atoms. The third-order valence-electron chi connectivity index (χ3n) is 1.87. The summed E-state index contributed by atoms with van der Waals surface area (Å²) >= 11 is 0. The minimum atomic E-state index is -0.878. The predicted molar refractivity (Wildman–Crippen MR) is 60.8 cm³/mol. The summed E-state index contributed by atoms with van der Waals surface area (Å²) in [6.45, 7) is 5.65. The van der Waals surface area contributed by atoms with Crippen LogP contribution in [-0.4, -0.2) is 40.5 Å². The molecule has 4 N–H and O–H groups in total. The molecule has 0 aliphatic carbocycles. The van der Waals surface area contributed by atoms with Crippen molar-refractivity contribution in [3.8, 4) is 0 Å². The van der Waals surface area contributed by atoms with Crippen LogP contribution in [-0.2, 0) is 9.53 Å². The molecule has 0 aromatic carbocycles. The quantitative estimate of drug-likeness (QED) is 0.569. The fourth-order valence-corrected chi connectivity index (χ4v) is 1.28. The third kappa shape index (κ3) is 8.64. The van der Waals surface area contributed by atoms with Gasteiger partial charge in [-0.25, -0.2) is 0 Å². The van der Waals surface area contributed by atoms with Gasteiger partial charge < -0.3 is 20.7 Å². The molecule has 2 unspecified atom stereocenters. The number of rotatable bonds is 6. The van der Waals surface area contributed by atoms with Crippen molar-refractivity contribution >= 4 is 5.97 Å². The lowest BCUT2D eigenvalue weighted by atomic mass is 10.1. The molecule has 96 valence electrons. The largest absolute Gasteiger partial charge is 0.460 e. The Morgan fingerprint density at radius 1 is 1.31 bits per heavy atom. The molecule has 0 spiro atoms. The van der Waals surface area contributed by atoms with Gasteiger partial charge in [0.25, 0.3) is 0 Å². The summed E-state index contributed by atoms with van der Waals surface area (Å²) in [6, 6.07) is 0. The molecule has 0 rings (SSSR count). The molecule has 0 amide bonds. The molecule has 16 heavy (non-hydrogen) atoms. The molecule has 0 radical (unpaired) electrons. The predicted octanol–water partition coefficient (Wildman–Crippen LogP) is 0.179. The van der Waals surface area contributed by atoms with Gasteiger partial charge in [-0.2, -0.15) is 0 Å². The standard InChI is InChI=1S/C11H23NO4/c1-11(2,3)16-10(15)7-9(14)6-8(13)4-5-12/h8-9,13-14H,4-7,12H2,1-3H3. The Bertz CT molecular complexity index is 213. The molecule has 5 nitrogen and oxygen atoms in total. The second-order valence-electron chi connectivity index (χ2n) is 4.91. The van der Waals surface area contributed by atoms with Crippen LogP contribution in [0.4, 0.5) is 0 Å². The highest BCUT2D eigenvalue weighted by molar-refractivity contribution is 5.70. The zero-order valence-electron chi connectivity index (χ0n) is 10.3. The number of aliphatic hydroxyl groups excluding tert-OH is 2. The Balaban J connectivity index is 3.87. The van der Waals surface area contributed by atoms with Crippen LogP contribution in [0.3, 0.4) is 0 Å². The first-order valence-corrected chi connectivity index (χ1v) is 5.52. The average Bonchev–Trinajstić information content (AvgIpc) is 1.98. The Hall–Kier alpha value is -0.650. The summed E-state index contributed by atoms with van der Waals surface area (Å²) in [5.41, 5.74) is 4.71. The van der Waals surface area contributed by atoms with Gasteiger partial charge in [0.1, 0.15) is 5.60 Å². The van der Waals surface area contributed by atoms with Gasteiger partial charge in [0.2, 0.25) is 0 Å². The monoisotopic (exact) mass is 233 g/mol. The fourth-order valence-electron chi connectivity index (χ4n) is 1.28. The lowest BCUT2D eigenvalue weighted by Gasteiger charge is -2.21. The molecule has 0 aliphatic rings. The van der Waals surface area contributed by atoms with Gasteiger partial charge in [-0.1, -0.05) is 0 Å². The van der Waals surface area contributed by atoms with E-state index in [9.17, 15) is 15.0 Å². The maximum Gasteiger partial charge on any atom is 0.308 e. The van der Waals surface area contributed by atoms with E-state index >= 15 is 0 Å². The van der Waals surface area contributed by atoms with Gasteiger partial charge in [-0.05, 0) is 40.2 Å². The molecule has 0 saturated carbocycles. The highest BCUT2D eigenvalue weighted by Crippen LogP contribution is 2.11. The topological polar surface area (TPSA) is 92.8 Å². The van der Waals surface area contributed by atoms with Gasteiger partial charge in [0, 0.05) is 0 Å². The molecular formula is C11H23NO4. The van der Waals surface area contributed by atoms with E-state index in [0.29, 0.717) is 13.0 Å². The van der Waals surface area contributed by atoms with E-state index in [1.54, 1.807) is 20.8 Å². The van der Waals surface area contributed by atoms with Crippen LogP contribution in [0.15, 0.2) is 0 Å². The van der Waals surface area contributed by atoms with Crippen LogP contribution in [0, 0.1) is 0 Å². The van der Waals surface area contributed by atoms with Crippen LogP contribution in [0.5, 0.6) is 0 Å². The summed E-state index contributed by atoms with van der Waals surface area (Å²) in [5.74, 6) is -0.458. The van der Waals surface area contributed by atoms with E-state index < -0.39 is 23.8 Å². The summed E-state index contributed by atoms with van der Waals surface area (Å²) in [6.07, 6.45) is -1.07. The van der Waals surface area contributed by atoms with Crippen molar-refractivity contribution in [1.82, 2.24) is 0 Å². The Labute approximate surface area is 96.6 Å². The molecular weight excluding hydrogens is 210 g/mol. The minimum Gasteiger partial charge on any atom is -0.460 e. The average molecular weight is 233 g/mol. The smallest absolute Gasteiger partial charge is 0.308 e. The summed E-state index contributed by atoms with van der Waals surface area (Å²) in [5, 5.41) is 18.9. The van der Waals surface area contributed by atoms with Crippen LogP contribution < -0.4 is 5.73 Å². The summed E-state index contributed by atoms with van der Waals surface area (Å²) < 4.78 is 5.04. The second-order valence-corrected chi connectivity index (χ2v) is 4.91. The summed E-state index contributed by atoms with van der Waals surface area (Å²) in [7, 11) is 0. The van der Waals surface area contributed by atoms with Crippen molar-refractivity contribution in [3.05, 3.63) is 0 Å². The van der Waals surface area contributed by atoms with Crippen molar-refractivity contribution in [1.29, 1.82) is 0 Å². The number of esters is 1. The molecule has 0 aromatic rings. The van der Waals surface area contributed by atoms with Gasteiger partial charge in [-0.15, -0.1) is 0 Å². The van der Waals surface area contributed by atoms with Gasteiger partial charge in [0.05, 0.1) is 18.6 Å². The summed E-state index contributed by atoms with van der Waals surface area (Å²) in [4.78, 5) is 11.3. The molecule has 0 aromatic heterocycles. The van der Waals surface area contributed by atoms with Crippen molar-refractivity contribution in [2.75, 3.05) is 6.54 Å². The zero-order valence-corrected chi connectivity index (χ0v) is 10.3. The lowest BCUT2D eigenvalue weighted by molar-refractivity contribution is -0.157. The van der Waals surface area contributed by atoms with E-state index in [0.717, 1.165) is 0 Å². The molecule has 0 fully saturated rings. The van der Waals surface area contributed by atoms with Gasteiger partial charge in [-0.3, -0.25) is 4.79 Å². The third-order valence-corrected chi connectivity index (χ3v) is 1.87. The normalized spacial score (nSPS) is 15.6. The van der Waals surface area contributed by atoms with E-state index in [4.69, 9.17) is 10.5 Å². The van der Waals surface area contributed by atoms with Crippen molar-refractivity contribution in [3.63, 3.8) is 0 Å². The number of carbonyl (C=O) groups excluding carboxylic acids is 1. The van der Waals surface area contributed by atoms with Crippen molar-refractivity contribution < 1.29 is 19.7 Å². The Morgan fingerprint density at radius 3 is 2.31 bits per heavy atom. The van der Waals surface area contributed by atoms with E-state index in [1.807, 2.05) is 0 Å². The highest BCUT2D eigenvalue weighted by atomic mass is 16.6. The van der Waals surface area contributed by atoms with Gasteiger partial charge in [0.15, 0.2) is 0 Å². The zero-order chi connectivity index (χ0) is 12.8. The van der Waals surface area contributed by atoms with Crippen LogP contribution in [0.1, 0.15) is 40.0 Å². The van der Waals surface area contributed by atoms with E-state index in [1.165, 1.54) is 0 Å².